The summed E-state index contributed by atoms with van der Waals surface area (Å²) >= 11 is 2.03. The molecule has 0 saturated carbocycles. The van der Waals surface area contributed by atoms with Crippen LogP contribution in [-0.2, 0) is 124 Å². The average Bonchev–Trinajstić information content (AvgIpc) is 1.79. The first-order chi connectivity index (χ1) is 49.8. The Hall–Kier alpha value is 1.94. The zero-order chi connectivity index (χ0) is 86.8. The van der Waals surface area contributed by atoms with Gasteiger partial charge in [-0.3, -0.25) is 27.2 Å². The van der Waals surface area contributed by atoms with Gasteiger partial charge >= 0.3 is 167 Å². The first-order valence-electron chi connectivity index (χ1n) is 31.3. The molecule has 31 atom stereocenters. The zero-order valence-corrected chi connectivity index (χ0v) is 70.1. The van der Waals surface area contributed by atoms with E-state index in [0.29, 0.717) is 0 Å². The Balaban J connectivity index is 0.000000649. The van der Waals surface area contributed by atoms with E-state index in [2.05, 4.69) is 35.6 Å². The summed E-state index contributed by atoms with van der Waals surface area (Å²) in [6, 6.07) is -4.78. The summed E-state index contributed by atoms with van der Waals surface area (Å²) in [6.07, 6.45) is -16.7. The molecule has 0 spiro atoms. The summed E-state index contributed by atoms with van der Waals surface area (Å²) in [5.41, 5.74) is 0. The summed E-state index contributed by atoms with van der Waals surface area (Å²) in [5.74, 6) is -1.83. The van der Waals surface area contributed by atoms with Crippen LogP contribution in [0.2, 0.25) is 0 Å². The Morgan fingerprint density at radius 3 is 0.685 bits per heavy atom. The summed E-state index contributed by atoms with van der Waals surface area (Å²) < 4.78 is 179. The van der Waals surface area contributed by atoms with Crippen LogP contribution < -0.4 is 0 Å². The molecule has 7 aliphatic heterocycles. The van der Waals surface area contributed by atoms with Crippen molar-refractivity contribution in [1.29, 1.82) is 0 Å². The quantitative estimate of drug-likeness (QED) is 0.0256. The van der Waals surface area contributed by atoms with Gasteiger partial charge in [-0.15, -0.1) is 0 Å². The van der Waals surface area contributed by atoms with Crippen LogP contribution in [0.1, 0.15) is 41.5 Å². The van der Waals surface area contributed by atoms with Gasteiger partial charge in [0.2, 0.25) is 7.57 Å². The predicted octanol–water partition coefficient (Wildman–Crippen LogP) is -6.73. The maximum atomic E-state index is 11.6. The van der Waals surface area contributed by atoms with Gasteiger partial charge in [0, 0.05) is 79.4 Å². The van der Waals surface area contributed by atoms with Gasteiger partial charge < -0.3 is 132 Å². The van der Waals surface area contributed by atoms with Crippen molar-refractivity contribution in [2.75, 3.05) is 60.0 Å². The minimum Gasteiger partial charge on any atom is -0.390 e. The van der Waals surface area contributed by atoms with Crippen molar-refractivity contribution in [3.05, 3.63) is 0 Å². The fraction of sp³-hybridized carbons (Fsp3) is 1.00. The van der Waals surface area contributed by atoms with E-state index >= 15 is 0 Å². The molecular weight excluding hydrogens is 1780 g/mol. The van der Waals surface area contributed by atoms with Gasteiger partial charge in [0.1, 0.15) is 95.9 Å². The number of rotatable bonds is 28. The molecule has 0 aromatic carbocycles. The van der Waals surface area contributed by atoms with Crippen molar-refractivity contribution in [3.8, 4) is 0 Å². The van der Waals surface area contributed by atoms with Crippen molar-refractivity contribution in [2.45, 2.75) is 175 Å². The summed E-state index contributed by atoms with van der Waals surface area (Å²) in [5, 5.41) is 67.0. The number of methoxy groups -OCH3 is 1. The van der Waals surface area contributed by atoms with Crippen LogP contribution in [0, 0.1) is 35.5 Å². The fourth-order valence-corrected chi connectivity index (χ4v) is 18.3. The monoisotopic (exact) mass is 1870 g/mol. The standard InChI is InChI=1S/C7H15BO8P2.C6H12B2O8P2.C6H13BO8P2Se.C6H12BO7P.3C6H12BO6P/c1-4-6(9)5(15-7(4)8)3-14-17(2,10)16-18(11,12)13;1-3-5(9)4(15-6(3)7)2-14-17(8,10)16-18(11,12)13;1-3-5(8)4(14-6(3)7)2-13-17(12,18)15-16(9,10)11;1-12-5-4(8)3(14-6(5)7)2-13-15(9,10)11;3*1-3-5(8)4(13-6(3)7)2-12-14(9,10)11/h4-7,9H,3H2,1-2H3,(H2,11,12,13);3-6,9H,2H2,1H3,(H2,11,12,13);3-6,8H,2H2,1H3,(H,12,18)(H2,9,10,11);3-6,8H,2H2,1H3,(H2,9,10,11);3*3-6,8H,2H2,1H3,(H2,9,10,11)/t4?,5-,6+,7-,17?;2*3?,4-,5+,6-,17?;3-,4-,5-,6-;3*3?,4-,5+,6-/m1111111/s1. The molecular formula is C43H88B8O49P10Se. The van der Waals surface area contributed by atoms with E-state index in [1.807, 2.05) is 15.1 Å². The molecule has 7 rings (SSSR count). The van der Waals surface area contributed by atoms with Crippen LogP contribution in [0.4, 0.5) is 0 Å². The molecule has 7 heterocycles. The van der Waals surface area contributed by atoms with Crippen LogP contribution in [0.3, 0.4) is 0 Å². The number of aliphatic hydroxyl groups excluding tert-OH is 7. The average molecular weight is 1860 g/mol. The fourth-order valence-electron chi connectivity index (χ4n) is 9.42. The maximum Gasteiger partial charge on any atom is 0.476 e. The molecule has 68 heteroatoms. The van der Waals surface area contributed by atoms with Crippen molar-refractivity contribution in [2.24, 2.45) is 35.5 Å². The summed E-state index contributed by atoms with van der Waals surface area (Å²) in [6.45, 7) is 8.30. The second kappa shape index (κ2) is 47.1. The molecule has 0 aromatic rings. The van der Waals surface area contributed by atoms with E-state index in [0.717, 1.165) is 6.66 Å². The Bertz CT molecular complexity index is 3020. The Labute approximate surface area is 653 Å². The zero-order valence-electron chi connectivity index (χ0n) is 59.5. The summed E-state index contributed by atoms with van der Waals surface area (Å²) in [4.78, 5) is 128. The molecule has 0 bridgehead atoms. The van der Waals surface area contributed by atoms with Gasteiger partial charge in [-0.25, -0.2) is 36.0 Å². The van der Waals surface area contributed by atoms with Crippen molar-refractivity contribution in [3.63, 3.8) is 0 Å². The number of aliphatic hydroxyl groups is 7. The maximum absolute atomic E-state index is 11.6. The van der Waals surface area contributed by atoms with Crippen LogP contribution in [0.5, 0.6) is 0 Å². The molecule has 111 heavy (non-hydrogen) atoms. The first-order valence-corrected chi connectivity index (χ1v) is 49.4. The topological polar surface area (TPSA) is 765 Å². The molecule has 9 unspecified atom stereocenters. The molecule has 7 fully saturated rings. The van der Waals surface area contributed by atoms with Gasteiger partial charge in [-0.2, -0.15) is 0 Å². The Kier molecular flexibility index (Phi) is 47.1. The SMILES string of the molecule is [B][C@@H]1O[C@H](COP(=O)(O)O)[C@@H](O)C1C.[B][C@@H]1O[C@H](COP(=O)(O)O)[C@@H](O)C1C.[B][C@@H]1O[C@H](COP(=O)(O)O)[C@@H](O)C1C.[B][C@@H]1O[C@H](COP(=O)(O)O)[C@@H](O)[C@H]1OC.[B][C@@H]1O[C@H](COP(C)(=O)OP(=O)(O)O)[C@@H](O)C1C.[B][C@@H]1O[C@H](COP(O)(=[Se])OP(=O)(O)O)[C@@H](O)C1C.[B][C@@H]1O[C@H](COP([B])(=O)OP(=O)(O)O)[C@@H](O)C1C. The molecule has 0 aliphatic carbocycles. The number of phosphoric acid groups is 7. The van der Waals surface area contributed by atoms with Crippen molar-refractivity contribution < 1.29 is 233 Å². The van der Waals surface area contributed by atoms with Gasteiger partial charge in [0.05, 0.1) is 70.2 Å². The third-order valence-corrected chi connectivity index (χ3v) is 26.8. The molecule has 0 aromatic heterocycles. The summed E-state index contributed by atoms with van der Waals surface area (Å²) in [7, 11) is 3.46. The molecule has 16 radical (unpaired) electrons. The Morgan fingerprint density at radius 2 is 0.495 bits per heavy atom. The van der Waals surface area contributed by atoms with E-state index in [1.54, 1.807) is 41.5 Å². The van der Waals surface area contributed by atoms with Gasteiger partial charge in [0.15, 0.2) is 0 Å². The second-order valence-corrected chi connectivity index (χ2v) is 41.9. The number of ether oxygens (including phenoxy) is 8. The number of hydrogen-bond donors (Lipinski definition) is 22. The molecule has 7 saturated heterocycles. The van der Waals surface area contributed by atoms with Gasteiger partial charge in [0.25, 0.3) is 7.47 Å². The third-order valence-electron chi connectivity index (χ3n) is 15.9. The first kappa shape index (κ1) is 111. The normalized spacial score (nSPS) is 37.5. The second-order valence-electron chi connectivity index (χ2n) is 24.8. The van der Waals surface area contributed by atoms with Gasteiger partial charge in [-0.05, 0) is 0 Å². The molecule has 634 valence electrons. The smallest absolute Gasteiger partial charge is 0.390 e. The van der Waals surface area contributed by atoms with Crippen molar-refractivity contribution in [1.82, 2.24) is 0 Å². The number of hydrogen-bond acceptors (Lipinski definition) is 35. The molecule has 22 N–H and O–H groups in total. The predicted molar refractivity (Wildman–Crippen MR) is 380 cm³/mol. The minimum atomic E-state index is -5.03. The molecule has 7 aliphatic rings. The largest absolute Gasteiger partial charge is 0.476 e. The van der Waals surface area contributed by atoms with E-state index in [4.69, 9.17) is 178 Å². The minimum absolute atomic E-state index is 0.277. The van der Waals surface area contributed by atoms with Crippen LogP contribution >= 0.6 is 76.0 Å². The van der Waals surface area contributed by atoms with E-state index in [9.17, 15) is 81.7 Å². The number of phosphoric ester groups is 4. The van der Waals surface area contributed by atoms with Crippen LogP contribution in [0.25, 0.3) is 0 Å². The van der Waals surface area contributed by atoms with Crippen LogP contribution in [0.15, 0.2) is 0 Å². The third kappa shape index (κ3) is 43.7. The van der Waals surface area contributed by atoms with E-state index in [-0.39, 0.29) is 68.5 Å². The van der Waals surface area contributed by atoms with Crippen molar-refractivity contribution >= 4 is 154 Å². The molecule has 49 nitrogen and oxygen atoms in total. The molecule has 0 amide bonds. The van der Waals surface area contributed by atoms with E-state index in [1.165, 1.54) is 7.11 Å². The van der Waals surface area contributed by atoms with E-state index < -0.39 is 223 Å². The Morgan fingerprint density at radius 1 is 0.297 bits per heavy atom. The van der Waals surface area contributed by atoms with Crippen LogP contribution in [-0.4, -0.2) is 380 Å². The van der Waals surface area contributed by atoms with Gasteiger partial charge in [-0.1, -0.05) is 34.6 Å².